The number of nitrogens with one attached hydrogen (secondary N) is 1. The fourth-order valence-electron chi connectivity index (χ4n) is 2.14. The van der Waals surface area contributed by atoms with Crippen molar-refractivity contribution in [3.05, 3.63) is 72.4 Å². The number of hydrogen-bond acceptors (Lipinski definition) is 3. The van der Waals surface area contributed by atoms with Gasteiger partial charge in [-0.3, -0.25) is 9.78 Å². The molecule has 0 aliphatic rings. The number of amides is 1. The molecule has 4 heteroatoms. The average Bonchev–Trinajstić information content (AvgIpc) is 2.55. The number of phenolic OH excluding ortho intramolecular Hbond substituents is 1. The number of aromatic hydroxyl groups is 1. The fraction of sp³-hybridized carbons (Fsp3) is 0. The van der Waals surface area contributed by atoms with E-state index in [0.29, 0.717) is 5.69 Å². The maximum atomic E-state index is 12.0. The second kappa shape index (κ2) is 6.10. The standard InChI is InChI=1S/C18H14N2O2/c21-15-9-6-13(7-10-15)8-11-17(22)20-16-5-1-3-14-4-2-12-19-18(14)16/h1-12,21H,(H,20,22)/b11-8+. The molecule has 0 aliphatic heterocycles. The number of pyridine rings is 1. The molecule has 0 saturated heterocycles. The summed E-state index contributed by atoms with van der Waals surface area (Å²) in [6.45, 7) is 0. The molecule has 0 unspecified atom stereocenters. The van der Waals surface area contributed by atoms with Crippen molar-refractivity contribution in [2.45, 2.75) is 0 Å². The van der Waals surface area contributed by atoms with Crippen molar-refractivity contribution in [2.75, 3.05) is 5.32 Å². The van der Waals surface area contributed by atoms with Crippen LogP contribution in [0.5, 0.6) is 5.75 Å². The number of carbonyl (C=O) groups is 1. The molecule has 3 rings (SSSR count). The van der Waals surface area contributed by atoms with Gasteiger partial charge in [-0.1, -0.05) is 30.3 Å². The minimum Gasteiger partial charge on any atom is -0.508 e. The number of benzene rings is 2. The lowest BCUT2D eigenvalue weighted by molar-refractivity contribution is -0.111. The number of anilines is 1. The summed E-state index contributed by atoms with van der Waals surface area (Å²) in [6.07, 6.45) is 4.84. The number of para-hydroxylation sites is 1. The molecule has 2 aromatic carbocycles. The molecule has 1 amide bonds. The van der Waals surface area contributed by atoms with Crippen LogP contribution < -0.4 is 5.32 Å². The van der Waals surface area contributed by atoms with Crippen LogP contribution in [-0.4, -0.2) is 16.0 Å². The summed E-state index contributed by atoms with van der Waals surface area (Å²) in [5.41, 5.74) is 2.28. The maximum absolute atomic E-state index is 12.0. The molecule has 22 heavy (non-hydrogen) atoms. The smallest absolute Gasteiger partial charge is 0.248 e. The molecular formula is C18H14N2O2. The molecule has 0 bridgehead atoms. The number of fused-ring (bicyclic) bond motifs is 1. The lowest BCUT2D eigenvalue weighted by Crippen LogP contribution is -2.08. The molecule has 0 radical (unpaired) electrons. The van der Waals surface area contributed by atoms with Gasteiger partial charge in [0.15, 0.2) is 0 Å². The van der Waals surface area contributed by atoms with Gasteiger partial charge in [-0.15, -0.1) is 0 Å². The molecule has 4 nitrogen and oxygen atoms in total. The first-order valence-electron chi connectivity index (χ1n) is 6.84. The Bertz CT molecular complexity index is 834. The number of hydrogen-bond donors (Lipinski definition) is 2. The summed E-state index contributed by atoms with van der Waals surface area (Å²) in [5.74, 6) is -0.0327. The third-order valence-corrected chi connectivity index (χ3v) is 3.21. The Hall–Kier alpha value is -3.14. The van der Waals surface area contributed by atoms with Crippen molar-refractivity contribution in [1.82, 2.24) is 4.98 Å². The van der Waals surface area contributed by atoms with Crippen molar-refractivity contribution in [2.24, 2.45) is 0 Å². The van der Waals surface area contributed by atoms with Crippen LogP contribution >= 0.6 is 0 Å². The van der Waals surface area contributed by atoms with E-state index >= 15 is 0 Å². The highest BCUT2D eigenvalue weighted by Crippen LogP contribution is 2.20. The van der Waals surface area contributed by atoms with Crippen molar-refractivity contribution in [3.8, 4) is 5.75 Å². The summed E-state index contributed by atoms with van der Waals surface area (Å²) in [4.78, 5) is 16.3. The van der Waals surface area contributed by atoms with Crippen molar-refractivity contribution in [3.63, 3.8) is 0 Å². The van der Waals surface area contributed by atoms with Crippen LogP contribution in [0.2, 0.25) is 0 Å². The molecule has 1 heterocycles. The summed E-state index contributed by atoms with van der Waals surface area (Å²) in [6, 6.07) is 16.1. The van der Waals surface area contributed by atoms with E-state index in [-0.39, 0.29) is 11.7 Å². The van der Waals surface area contributed by atoms with Crippen molar-refractivity contribution < 1.29 is 9.90 Å². The monoisotopic (exact) mass is 290 g/mol. The molecule has 3 aromatic rings. The van der Waals surface area contributed by atoms with Crippen LogP contribution in [0, 0.1) is 0 Å². The minimum atomic E-state index is -0.230. The molecule has 0 fully saturated rings. The Morgan fingerprint density at radius 3 is 2.64 bits per heavy atom. The van der Waals surface area contributed by atoms with Crippen molar-refractivity contribution >= 4 is 28.6 Å². The summed E-state index contributed by atoms with van der Waals surface area (Å²) < 4.78 is 0. The zero-order valence-electron chi connectivity index (χ0n) is 11.7. The van der Waals surface area contributed by atoms with Gasteiger partial charge in [0.25, 0.3) is 0 Å². The van der Waals surface area contributed by atoms with E-state index in [1.54, 1.807) is 36.5 Å². The second-order valence-corrected chi connectivity index (χ2v) is 4.79. The minimum absolute atomic E-state index is 0.198. The zero-order chi connectivity index (χ0) is 15.4. The van der Waals surface area contributed by atoms with Gasteiger partial charge in [0, 0.05) is 17.7 Å². The van der Waals surface area contributed by atoms with E-state index < -0.39 is 0 Å². The molecule has 0 aliphatic carbocycles. The van der Waals surface area contributed by atoms with Crippen molar-refractivity contribution in [1.29, 1.82) is 0 Å². The van der Waals surface area contributed by atoms with E-state index in [4.69, 9.17) is 0 Å². The maximum Gasteiger partial charge on any atom is 0.248 e. The Kier molecular flexibility index (Phi) is 3.83. The second-order valence-electron chi connectivity index (χ2n) is 4.79. The number of rotatable bonds is 3. The zero-order valence-corrected chi connectivity index (χ0v) is 11.7. The third-order valence-electron chi connectivity index (χ3n) is 3.21. The van der Waals surface area contributed by atoms with Crippen LogP contribution in [0.25, 0.3) is 17.0 Å². The highest BCUT2D eigenvalue weighted by molar-refractivity contribution is 6.06. The van der Waals surface area contributed by atoms with E-state index in [2.05, 4.69) is 10.3 Å². The molecule has 108 valence electrons. The van der Waals surface area contributed by atoms with Gasteiger partial charge >= 0.3 is 0 Å². The third kappa shape index (κ3) is 3.12. The van der Waals surface area contributed by atoms with E-state index in [9.17, 15) is 9.90 Å². The summed E-state index contributed by atoms with van der Waals surface area (Å²) >= 11 is 0. The lowest BCUT2D eigenvalue weighted by Gasteiger charge is -2.05. The summed E-state index contributed by atoms with van der Waals surface area (Å²) in [7, 11) is 0. The van der Waals surface area contributed by atoms with Crippen LogP contribution in [0.15, 0.2) is 66.9 Å². The predicted molar refractivity (Wildman–Crippen MR) is 87.5 cm³/mol. The Morgan fingerprint density at radius 1 is 1.05 bits per heavy atom. The van der Waals surface area contributed by atoms with Gasteiger partial charge < -0.3 is 10.4 Å². The molecule has 1 aromatic heterocycles. The Labute approximate surface area is 127 Å². The van der Waals surface area contributed by atoms with E-state index in [1.165, 1.54) is 6.08 Å². The first-order chi connectivity index (χ1) is 10.7. The largest absolute Gasteiger partial charge is 0.508 e. The number of aromatic nitrogens is 1. The highest BCUT2D eigenvalue weighted by Gasteiger charge is 2.03. The number of carbonyl (C=O) groups excluding carboxylic acids is 1. The van der Waals surface area contributed by atoms with Gasteiger partial charge in [-0.2, -0.15) is 0 Å². The molecule has 0 saturated carbocycles. The average molecular weight is 290 g/mol. The molecule has 0 atom stereocenters. The number of nitrogens with zero attached hydrogens (tertiary/aromatic N) is 1. The van der Waals surface area contributed by atoms with Crippen LogP contribution in [0.4, 0.5) is 5.69 Å². The van der Waals surface area contributed by atoms with Gasteiger partial charge in [-0.05, 0) is 35.9 Å². The van der Waals surface area contributed by atoms with Gasteiger partial charge in [-0.25, -0.2) is 0 Å². The number of phenols is 1. The topological polar surface area (TPSA) is 62.2 Å². The fourth-order valence-corrected chi connectivity index (χ4v) is 2.14. The quantitative estimate of drug-likeness (QED) is 0.725. The van der Waals surface area contributed by atoms with Crippen LogP contribution in [-0.2, 0) is 4.79 Å². The molecule has 2 N–H and O–H groups in total. The Morgan fingerprint density at radius 2 is 1.82 bits per heavy atom. The SMILES string of the molecule is O=C(/C=C/c1ccc(O)cc1)Nc1cccc2cccnc12. The van der Waals surface area contributed by atoms with Gasteiger partial charge in [0.05, 0.1) is 11.2 Å². The Balaban J connectivity index is 1.77. The van der Waals surface area contributed by atoms with E-state index in [1.807, 2.05) is 30.3 Å². The summed E-state index contributed by atoms with van der Waals surface area (Å²) in [5, 5.41) is 13.0. The predicted octanol–water partition coefficient (Wildman–Crippen LogP) is 3.59. The van der Waals surface area contributed by atoms with Gasteiger partial charge in [0.2, 0.25) is 5.91 Å². The van der Waals surface area contributed by atoms with Gasteiger partial charge in [0.1, 0.15) is 5.75 Å². The highest BCUT2D eigenvalue weighted by atomic mass is 16.3. The van der Waals surface area contributed by atoms with Crippen LogP contribution in [0.1, 0.15) is 5.56 Å². The molecule has 0 spiro atoms. The normalized spacial score (nSPS) is 10.9. The lowest BCUT2D eigenvalue weighted by atomic mass is 10.2. The van der Waals surface area contributed by atoms with Crippen LogP contribution in [0.3, 0.4) is 0 Å². The first-order valence-corrected chi connectivity index (χ1v) is 6.84. The van der Waals surface area contributed by atoms with E-state index in [0.717, 1.165) is 16.5 Å². The first kappa shape index (κ1) is 13.8. The molecular weight excluding hydrogens is 276 g/mol.